The van der Waals surface area contributed by atoms with Gasteiger partial charge in [0.2, 0.25) is 5.91 Å². The Morgan fingerprint density at radius 2 is 2.11 bits per heavy atom. The van der Waals surface area contributed by atoms with Gasteiger partial charge in [0, 0.05) is 23.1 Å². The van der Waals surface area contributed by atoms with E-state index in [-0.39, 0.29) is 18.4 Å². The molecule has 0 bridgehead atoms. The molecule has 0 saturated carbocycles. The molecule has 3 aromatic rings. The Kier molecular flexibility index (Phi) is 5.41. The number of nitrogens with zero attached hydrogens (tertiary/aromatic N) is 3. The Morgan fingerprint density at radius 3 is 2.81 bits per heavy atom. The number of hydrogen-bond acceptors (Lipinski definition) is 5. The summed E-state index contributed by atoms with van der Waals surface area (Å²) in [6.07, 6.45) is 7.71. The number of furan rings is 1. The molecule has 140 valence electrons. The van der Waals surface area contributed by atoms with Gasteiger partial charge in [0.25, 0.3) is 5.91 Å². The van der Waals surface area contributed by atoms with E-state index in [9.17, 15) is 9.59 Å². The van der Waals surface area contributed by atoms with Gasteiger partial charge in [-0.25, -0.2) is 0 Å². The van der Waals surface area contributed by atoms with Crippen molar-refractivity contribution in [2.75, 3.05) is 5.32 Å². The standard InChI is InChI=1S/C18H18BrN5O3/c1-18(2,17(26)21-10-15-4-3-5-27-15)24-11-14(9-22-24)23-16(25)12-6-13(19)8-20-7-12/h3-9,11H,10H2,1-2H3,(H,21,26)(H,23,25). The maximum absolute atomic E-state index is 12.5. The van der Waals surface area contributed by atoms with E-state index in [1.807, 2.05) is 0 Å². The quantitative estimate of drug-likeness (QED) is 0.624. The molecule has 0 atom stereocenters. The van der Waals surface area contributed by atoms with Crippen LogP contribution in [-0.4, -0.2) is 26.6 Å². The summed E-state index contributed by atoms with van der Waals surface area (Å²) in [5.41, 5.74) is -0.0631. The van der Waals surface area contributed by atoms with Crippen molar-refractivity contribution in [2.45, 2.75) is 25.9 Å². The van der Waals surface area contributed by atoms with Crippen molar-refractivity contribution in [3.8, 4) is 0 Å². The number of halogens is 1. The van der Waals surface area contributed by atoms with E-state index < -0.39 is 5.54 Å². The first-order valence-electron chi connectivity index (χ1n) is 8.14. The predicted molar refractivity (Wildman–Crippen MR) is 102 cm³/mol. The molecule has 0 saturated heterocycles. The van der Waals surface area contributed by atoms with Crippen LogP contribution in [0.4, 0.5) is 5.69 Å². The molecule has 3 rings (SSSR count). The lowest BCUT2D eigenvalue weighted by atomic mass is 10.1. The van der Waals surface area contributed by atoms with Crippen LogP contribution in [0.5, 0.6) is 0 Å². The Bertz CT molecular complexity index is 950. The summed E-state index contributed by atoms with van der Waals surface area (Å²) < 4.78 is 7.42. The minimum absolute atomic E-state index is 0.226. The summed E-state index contributed by atoms with van der Waals surface area (Å²) in [6, 6.07) is 5.21. The van der Waals surface area contributed by atoms with E-state index in [1.165, 1.54) is 17.1 Å². The van der Waals surface area contributed by atoms with Crippen molar-refractivity contribution in [3.63, 3.8) is 0 Å². The number of aromatic nitrogens is 3. The molecule has 3 aromatic heterocycles. The van der Waals surface area contributed by atoms with Crippen molar-refractivity contribution < 1.29 is 14.0 Å². The molecule has 0 aromatic carbocycles. The first-order valence-corrected chi connectivity index (χ1v) is 8.93. The Balaban J connectivity index is 1.66. The van der Waals surface area contributed by atoms with E-state index in [1.54, 1.807) is 50.7 Å². The van der Waals surface area contributed by atoms with Crippen LogP contribution >= 0.6 is 15.9 Å². The number of nitrogens with one attached hydrogen (secondary N) is 2. The van der Waals surface area contributed by atoms with Crippen molar-refractivity contribution in [1.82, 2.24) is 20.1 Å². The SMILES string of the molecule is CC(C)(C(=O)NCc1ccco1)n1cc(NC(=O)c2cncc(Br)c2)cn1. The molecule has 0 aliphatic heterocycles. The smallest absolute Gasteiger partial charge is 0.257 e. The number of rotatable bonds is 6. The second kappa shape index (κ2) is 7.75. The second-order valence-electron chi connectivity index (χ2n) is 6.34. The van der Waals surface area contributed by atoms with Gasteiger partial charge >= 0.3 is 0 Å². The van der Waals surface area contributed by atoms with Gasteiger partial charge in [-0.3, -0.25) is 19.3 Å². The Hall–Kier alpha value is -2.94. The summed E-state index contributed by atoms with van der Waals surface area (Å²) in [7, 11) is 0. The third-order valence-electron chi connectivity index (χ3n) is 3.94. The van der Waals surface area contributed by atoms with E-state index >= 15 is 0 Å². The van der Waals surface area contributed by atoms with E-state index in [2.05, 4.69) is 36.6 Å². The molecular formula is C18H18BrN5O3. The summed E-state index contributed by atoms with van der Waals surface area (Å²) in [5.74, 6) is 0.120. The van der Waals surface area contributed by atoms with Crippen LogP contribution in [0.3, 0.4) is 0 Å². The first kappa shape index (κ1) is 18.8. The average molecular weight is 432 g/mol. The zero-order valence-corrected chi connectivity index (χ0v) is 16.4. The van der Waals surface area contributed by atoms with Gasteiger partial charge < -0.3 is 15.1 Å². The lowest BCUT2D eigenvalue weighted by Crippen LogP contribution is -2.44. The zero-order valence-electron chi connectivity index (χ0n) is 14.8. The van der Waals surface area contributed by atoms with Gasteiger partial charge in [0.05, 0.1) is 30.3 Å². The minimum Gasteiger partial charge on any atom is -0.467 e. The van der Waals surface area contributed by atoms with Crippen molar-refractivity contribution >= 4 is 33.4 Å². The fraction of sp³-hybridized carbons (Fsp3) is 0.222. The largest absolute Gasteiger partial charge is 0.467 e. The molecule has 0 aliphatic carbocycles. The number of carbonyl (C=O) groups is 2. The Morgan fingerprint density at radius 1 is 1.30 bits per heavy atom. The molecule has 0 aliphatic rings. The molecule has 0 radical (unpaired) electrons. The molecule has 8 nitrogen and oxygen atoms in total. The highest BCUT2D eigenvalue weighted by atomic mass is 79.9. The van der Waals surface area contributed by atoms with Gasteiger partial charge in [-0.15, -0.1) is 0 Å². The highest BCUT2D eigenvalue weighted by molar-refractivity contribution is 9.10. The molecular weight excluding hydrogens is 414 g/mol. The molecule has 0 spiro atoms. The van der Waals surface area contributed by atoms with Gasteiger partial charge in [0.15, 0.2) is 0 Å². The molecule has 0 fully saturated rings. The van der Waals surface area contributed by atoms with Crippen LogP contribution in [0, 0.1) is 0 Å². The van der Waals surface area contributed by atoms with Crippen LogP contribution in [0.15, 0.2) is 58.1 Å². The van der Waals surface area contributed by atoms with Crippen LogP contribution < -0.4 is 10.6 Å². The predicted octanol–water partition coefficient (Wildman–Crippen LogP) is 2.94. The lowest BCUT2D eigenvalue weighted by molar-refractivity contribution is -0.129. The van der Waals surface area contributed by atoms with Crippen LogP contribution in [0.2, 0.25) is 0 Å². The number of amides is 2. The van der Waals surface area contributed by atoms with Gasteiger partial charge in [-0.05, 0) is 48.0 Å². The normalized spacial score (nSPS) is 11.2. The second-order valence-corrected chi connectivity index (χ2v) is 7.26. The third kappa shape index (κ3) is 4.43. The maximum Gasteiger partial charge on any atom is 0.257 e. The molecule has 2 N–H and O–H groups in total. The minimum atomic E-state index is -0.951. The Labute approximate surface area is 164 Å². The zero-order chi connectivity index (χ0) is 19.4. The summed E-state index contributed by atoms with van der Waals surface area (Å²) in [4.78, 5) is 28.8. The number of hydrogen-bond donors (Lipinski definition) is 2. The average Bonchev–Trinajstić information content (AvgIpc) is 3.31. The topological polar surface area (TPSA) is 102 Å². The van der Waals surface area contributed by atoms with Gasteiger partial charge in [0.1, 0.15) is 11.3 Å². The van der Waals surface area contributed by atoms with Gasteiger partial charge in [-0.1, -0.05) is 0 Å². The summed E-state index contributed by atoms with van der Waals surface area (Å²) in [5, 5.41) is 9.76. The lowest BCUT2D eigenvalue weighted by Gasteiger charge is -2.23. The van der Waals surface area contributed by atoms with Crippen LogP contribution in [-0.2, 0) is 16.9 Å². The number of anilines is 1. The maximum atomic E-state index is 12.5. The fourth-order valence-corrected chi connectivity index (χ4v) is 2.70. The van der Waals surface area contributed by atoms with Crippen LogP contribution in [0.25, 0.3) is 0 Å². The molecule has 2 amide bonds. The highest BCUT2D eigenvalue weighted by Crippen LogP contribution is 2.19. The summed E-state index contributed by atoms with van der Waals surface area (Å²) in [6.45, 7) is 3.76. The van der Waals surface area contributed by atoms with Gasteiger partial charge in [-0.2, -0.15) is 5.10 Å². The monoisotopic (exact) mass is 431 g/mol. The third-order valence-corrected chi connectivity index (χ3v) is 4.37. The van der Waals surface area contributed by atoms with Crippen molar-refractivity contribution in [3.05, 3.63) is 65.0 Å². The number of pyridine rings is 1. The molecule has 9 heteroatoms. The highest BCUT2D eigenvalue weighted by Gasteiger charge is 2.30. The van der Waals surface area contributed by atoms with Crippen molar-refractivity contribution in [1.29, 1.82) is 0 Å². The van der Waals surface area contributed by atoms with E-state index in [0.717, 1.165) is 0 Å². The molecule has 27 heavy (non-hydrogen) atoms. The fourth-order valence-electron chi connectivity index (χ4n) is 2.33. The first-order chi connectivity index (χ1) is 12.9. The number of carbonyl (C=O) groups excluding carboxylic acids is 2. The van der Waals surface area contributed by atoms with E-state index in [0.29, 0.717) is 21.5 Å². The van der Waals surface area contributed by atoms with E-state index in [4.69, 9.17) is 4.42 Å². The van der Waals surface area contributed by atoms with Crippen LogP contribution in [0.1, 0.15) is 30.0 Å². The van der Waals surface area contributed by atoms with Crippen molar-refractivity contribution in [2.24, 2.45) is 0 Å². The summed E-state index contributed by atoms with van der Waals surface area (Å²) >= 11 is 3.28. The molecule has 0 unspecified atom stereocenters. The molecule has 3 heterocycles.